The Morgan fingerprint density at radius 3 is 1.69 bits per heavy atom. The van der Waals surface area contributed by atoms with Crippen molar-refractivity contribution in [1.29, 1.82) is 0 Å². The van der Waals surface area contributed by atoms with Crippen molar-refractivity contribution in [2.75, 3.05) is 4.90 Å². The van der Waals surface area contributed by atoms with Gasteiger partial charge < -0.3 is 9.32 Å². The summed E-state index contributed by atoms with van der Waals surface area (Å²) in [5.74, 6) is 0. The molecule has 304 valence electrons. The molecule has 65 heavy (non-hydrogen) atoms. The van der Waals surface area contributed by atoms with E-state index >= 15 is 0 Å². The number of hydrogen-bond acceptors (Lipinski definition) is 3. The lowest BCUT2D eigenvalue weighted by Gasteiger charge is -2.28. The molecule has 0 saturated carbocycles. The van der Waals surface area contributed by atoms with Crippen molar-refractivity contribution in [3.8, 4) is 44.5 Å². The van der Waals surface area contributed by atoms with Gasteiger partial charge in [-0.25, -0.2) is 0 Å². The molecule has 2 heterocycles. The second kappa shape index (κ2) is 15.2. The van der Waals surface area contributed by atoms with E-state index in [0.717, 1.165) is 61.1 Å². The second-order valence-corrected chi connectivity index (χ2v) is 17.9. The molecule has 13 aromatic rings. The zero-order valence-corrected chi connectivity index (χ0v) is 36.1. The van der Waals surface area contributed by atoms with E-state index in [1.165, 1.54) is 64.1 Å². The van der Waals surface area contributed by atoms with Crippen molar-refractivity contribution >= 4 is 92.1 Å². The van der Waals surface area contributed by atoms with Crippen LogP contribution < -0.4 is 4.90 Å². The molecular formula is C62H39NOS. The van der Waals surface area contributed by atoms with E-state index < -0.39 is 0 Å². The fraction of sp³-hybridized carbons (Fsp3) is 0. The summed E-state index contributed by atoms with van der Waals surface area (Å²) in [4.78, 5) is 2.39. The molecule has 0 radical (unpaired) electrons. The smallest absolute Gasteiger partial charge is 0.143 e. The van der Waals surface area contributed by atoms with E-state index in [4.69, 9.17) is 4.42 Å². The quantitative estimate of drug-likeness (QED) is 0.159. The lowest BCUT2D eigenvalue weighted by molar-refractivity contribution is 0.674. The minimum absolute atomic E-state index is 0.889. The molecule has 0 bridgehead atoms. The summed E-state index contributed by atoms with van der Waals surface area (Å²) in [6, 6.07) is 85.9. The molecule has 0 N–H and O–H groups in total. The fourth-order valence-electron chi connectivity index (χ4n) is 9.88. The molecule has 0 aliphatic carbocycles. The number of thiophene rings is 1. The van der Waals surface area contributed by atoms with Crippen LogP contribution in [0.4, 0.5) is 17.1 Å². The Labute approximate surface area is 380 Å². The number of para-hydroxylation sites is 2. The predicted molar refractivity (Wildman–Crippen MR) is 278 cm³/mol. The maximum atomic E-state index is 6.93. The first-order valence-electron chi connectivity index (χ1n) is 22.1. The summed E-state index contributed by atoms with van der Waals surface area (Å²) < 4.78 is 9.56. The molecule has 0 aliphatic heterocycles. The molecule has 0 aliphatic rings. The highest BCUT2D eigenvalue weighted by molar-refractivity contribution is 7.26. The monoisotopic (exact) mass is 845 g/mol. The third-order valence-electron chi connectivity index (χ3n) is 13.1. The maximum Gasteiger partial charge on any atom is 0.143 e. The molecule has 0 amide bonds. The SMILES string of the molecule is c1cc(-c2ccc(N(c3ccc(-c4cccc5c4sc4ccccc45)cc3)c3ccccc3-c3cccc4c3oc3c5ccccc5ccc43)cc2)cc(-c2ccc3ccccc3c2)c1. The van der Waals surface area contributed by atoms with E-state index in [2.05, 4.69) is 241 Å². The summed E-state index contributed by atoms with van der Waals surface area (Å²) in [5, 5.41) is 9.64. The zero-order chi connectivity index (χ0) is 42.8. The van der Waals surface area contributed by atoms with Gasteiger partial charge in [-0.3, -0.25) is 0 Å². The summed E-state index contributed by atoms with van der Waals surface area (Å²) in [5.41, 5.74) is 14.4. The van der Waals surface area contributed by atoms with Crippen molar-refractivity contribution in [3.63, 3.8) is 0 Å². The Balaban J connectivity index is 0.944. The lowest BCUT2D eigenvalue weighted by atomic mass is 9.96. The summed E-state index contributed by atoms with van der Waals surface area (Å²) >= 11 is 1.87. The van der Waals surface area contributed by atoms with Crippen molar-refractivity contribution in [2.24, 2.45) is 0 Å². The third kappa shape index (κ3) is 6.31. The number of benzene rings is 11. The summed E-state index contributed by atoms with van der Waals surface area (Å²) in [6.45, 7) is 0. The third-order valence-corrected chi connectivity index (χ3v) is 14.3. The second-order valence-electron chi connectivity index (χ2n) is 16.8. The van der Waals surface area contributed by atoms with E-state index in [1.807, 2.05) is 11.3 Å². The number of rotatable bonds is 7. The van der Waals surface area contributed by atoms with Gasteiger partial charge in [0.1, 0.15) is 11.2 Å². The van der Waals surface area contributed by atoms with Crippen LogP contribution in [0, 0.1) is 0 Å². The van der Waals surface area contributed by atoms with Crippen LogP contribution >= 0.6 is 11.3 Å². The molecular weight excluding hydrogens is 807 g/mol. The van der Waals surface area contributed by atoms with Gasteiger partial charge >= 0.3 is 0 Å². The summed E-state index contributed by atoms with van der Waals surface area (Å²) in [7, 11) is 0. The van der Waals surface area contributed by atoms with Gasteiger partial charge in [-0.05, 0) is 104 Å². The van der Waals surface area contributed by atoms with Crippen LogP contribution in [0.25, 0.3) is 108 Å². The van der Waals surface area contributed by atoms with Crippen LogP contribution in [0.3, 0.4) is 0 Å². The molecule has 0 fully saturated rings. The van der Waals surface area contributed by atoms with E-state index in [9.17, 15) is 0 Å². The highest BCUT2D eigenvalue weighted by atomic mass is 32.1. The standard InChI is InChI=1S/C62H39NOS/c1-2-14-44-39-47(27-26-40(44)12-1)46-16-9-15-45(38-46)41-28-33-48(34-29-41)63(49-35-30-43(31-36-49)51-20-10-23-57-53-19-6-8-25-59(53)65-62(51)57)58-24-7-5-18-52(58)54-21-11-22-55-56-37-32-42-13-3-4-17-50(42)60(56)64-61(54)55/h1-39H. The molecule has 0 unspecified atom stereocenters. The Morgan fingerprint density at radius 1 is 0.308 bits per heavy atom. The minimum atomic E-state index is 0.889. The van der Waals surface area contributed by atoms with Gasteiger partial charge in [0, 0.05) is 58.8 Å². The average molecular weight is 846 g/mol. The van der Waals surface area contributed by atoms with Crippen LogP contribution in [0.15, 0.2) is 241 Å². The van der Waals surface area contributed by atoms with Gasteiger partial charge in [0.15, 0.2) is 0 Å². The van der Waals surface area contributed by atoms with Crippen molar-refractivity contribution < 1.29 is 4.42 Å². The van der Waals surface area contributed by atoms with Crippen molar-refractivity contribution in [3.05, 3.63) is 237 Å². The number of anilines is 3. The molecule has 0 saturated heterocycles. The number of furan rings is 1. The topological polar surface area (TPSA) is 16.4 Å². The van der Waals surface area contributed by atoms with Gasteiger partial charge in [-0.1, -0.05) is 182 Å². The minimum Gasteiger partial charge on any atom is -0.455 e. The van der Waals surface area contributed by atoms with Gasteiger partial charge in [0.25, 0.3) is 0 Å². The Kier molecular flexibility index (Phi) is 8.75. The Bertz CT molecular complexity index is 3950. The van der Waals surface area contributed by atoms with E-state index in [-0.39, 0.29) is 0 Å². The maximum absolute atomic E-state index is 6.93. The molecule has 2 nitrogen and oxygen atoms in total. The van der Waals surface area contributed by atoms with E-state index in [0.29, 0.717) is 0 Å². The normalized spacial score (nSPS) is 11.7. The molecule has 2 aromatic heterocycles. The number of nitrogens with zero attached hydrogens (tertiary/aromatic N) is 1. The Morgan fingerprint density at radius 2 is 0.862 bits per heavy atom. The summed E-state index contributed by atoms with van der Waals surface area (Å²) in [6.07, 6.45) is 0. The van der Waals surface area contributed by atoms with Crippen LogP contribution in [0.5, 0.6) is 0 Å². The lowest BCUT2D eigenvalue weighted by Crippen LogP contribution is -2.11. The van der Waals surface area contributed by atoms with Gasteiger partial charge in [-0.15, -0.1) is 11.3 Å². The van der Waals surface area contributed by atoms with Gasteiger partial charge in [0.2, 0.25) is 0 Å². The largest absolute Gasteiger partial charge is 0.455 e. The first-order valence-corrected chi connectivity index (χ1v) is 23.0. The van der Waals surface area contributed by atoms with Crippen LogP contribution in [-0.2, 0) is 0 Å². The zero-order valence-electron chi connectivity index (χ0n) is 35.3. The van der Waals surface area contributed by atoms with Crippen molar-refractivity contribution in [2.45, 2.75) is 0 Å². The predicted octanol–water partition coefficient (Wildman–Crippen LogP) is 18.4. The molecule has 3 heteroatoms. The van der Waals surface area contributed by atoms with Crippen molar-refractivity contribution in [1.82, 2.24) is 0 Å². The fourth-order valence-corrected chi connectivity index (χ4v) is 11.1. The molecule has 11 aromatic carbocycles. The van der Waals surface area contributed by atoms with Crippen LogP contribution in [0.2, 0.25) is 0 Å². The van der Waals surface area contributed by atoms with Crippen LogP contribution in [-0.4, -0.2) is 0 Å². The highest BCUT2D eigenvalue weighted by Crippen LogP contribution is 2.46. The van der Waals surface area contributed by atoms with E-state index in [1.54, 1.807) is 0 Å². The molecule has 0 spiro atoms. The number of fused-ring (bicyclic) bond motifs is 9. The number of hydrogen-bond donors (Lipinski definition) is 0. The molecule has 0 atom stereocenters. The average Bonchev–Trinajstić information content (AvgIpc) is 3.96. The highest BCUT2D eigenvalue weighted by Gasteiger charge is 2.22. The molecule has 13 rings (SSSR count). The Hall–Kier alpha value is -8.24. The van der Waals surface area contributed by atoms with Crippen LogP contribution in [0.1, 0.15) is 0 Å². The first kappa shape index (κ1) is 37.3. The van der Waals surface area contributed by atoms with Gasteiger partial charge in [0.05, 0.1) is 5.69 Å². The van der Waals surface area contributed by atoms with Gasteiger partial charge in [-0.2, -0.15) is 0 Å². The first-order chi connectivity index (χ1) is 32.2.